The molecule has 0 aromatic heterocycles. The van der Waals surface area contributed by atoms with Gasteiger partial charge in [-0.05, 0) is 31.0 Å². The Morgan fingerprint density at radius 2 is 2.12 bits per heavy atom. The van der Waals surface area contributed by atoms with Crippen molar-refractivity contribution in [2.24, 2.45) is 5.73 Å². The number of hydrogen-bond acceptors (Lipinski definition) is 2. The van der Waals surface area contributed by atoms with E-state index in [0.717, 1.165) is 24.6 Å². The van der Waals surface area contributed by atoms with Crippen LogP contribution < -0.4 is 10.6 Å². The SMILES string of the molecule is C[C@H](N)CN1CCc2ccc(C(F)(F)F)cc21. The molecule has 1 heterocycles. The molecule has 0 radical (unpaired) electrons. The lowest BCUT2D eigenvalue weighted by Crippen LogP contribution is -2.34. The fraction of sp³-hybridized carbons (Fsp3) is 0.500. The average Bonchev–Trinajstić information content (AvgIpc) is 2.59. The zero-order valence-corrected chi connectivity index (χ0v) is 9.59. The fourth-order valence-corrected chi connectivity index (χ4v) is 2.16. The number of alkyl halides is 3. The normalized spacial score (nSPS) is 17.1. The first-order valence-corrected chi connectivity index (χ1v) is 5.58. The number of halogens is 3. The van der Waals surface area contributed by atoms with Gasteiger partial charge in [-0.3, -0.25) is 0 Å². The van der Waals surface area contributed by atoms with Crippen LogP contribution in [-0.4, -0.2) is 19.1 Å². The predicted molar refractivity (Wildman–Crippen MR) is 61.0 cm³/mol. The van der Waals surface area contributed by atoms with Crippen molar-refractivity contribution in [2.45, 2.75) is 25.6 Å². The lowest BCUT2D eigenvalue weighted by atomic mass is 10.1. The summed E-state index contributed by atoms with van der Waals surface area (Å²) in [6.07, 6.45) is -3.49. The molecule has 2 N–H and O–H groups in total. The molecule has 2 rings (SSSR count). The first-order valence-electron chi connectivity index (χ1n) is 5.58. The molecule has 2 nitrogen and oxygen atoms in total. The molecule has 0 amide bonds. The van der Waals surface area contributed by atoms with Gasteiger partial charge in [0.2, 0.25) is 0 Å². The van der Waals surface area contributed by atoms with E-state index in [4.69, 9.17) is 5.73 Å². The minimum atomic E-state index is -4.28. The minimum absolute atomic E-state index is 0.0458. The van der Waals surface area contributed by atoms with Gasteiger partial charge >= 0.3 is 6.18 Å². The molecule has 0 saturated heterocycles. The standard InChI is InChI=1S/C12H15F3N2/c1-8(16)7-17-5-4-9-2-3-10(6-11(9)17)12(13,14)15/h2-3,6,8H,4-5,7,16H2,1H3/t8-/m0/s1. The predicted octanol–water partition coefficient (Wildman–Crippen LogP) is 2.42. The third-order valence-corrected chi connectivity index (χ3v) is 2.91. The molecule has 5 heteroatoms. The Kier molecular flexibility index (Phi) is 3.03. The molecular weight excluding hydrogens is 229 g/mol. The van der Waals surface area contributed by atoms with E-state index in [9.17, 15) is 13.2 Å². The Morgan fingerprint density at radius 3 is 2.71 bits per heavy atom. The molecule has 0 unspecified atom stereocenters. The van der Waals surface area contributed by atoms with Gasteiger partial charge in [-0.2, -0.15) is 13.2 Å². The molecular formula is C12H15F3N2. The van der Waals surface area contributed by atoms with Crippen molar-refractivity contribution in [1.29, 1.82) is 0 Å². The van der Waals surface area contributed by atoms with Crippen molar-refractivity contribution < 1.29 is 13.2 Å². The van der Waals surface area contributed by atoms with Gasteiger partial charge in [0.15, 0.2) is 0 Å². The lowest BCUT2D eigenvalue weighted by Gasteiger charge is -2.22. The second-order valence-electron chi connectivity index (χ2n) is 4.51. The highest BCUT2D eigenvalue weighted by Gasteiger charge is 2.32. The van der Waals surface area contributed by atoms with Crippen LogP contribution in [0.1, 0.15) is 18.1 Å². The van der Waals surface area contributed by atoms with E-state index in [2.05, 4.69) is 0 Å². The van der Waals surface area contributed by atoms with Crippen molar-refractivity contribution >= 4 is 5.69 Å². The van der Waals surface area contributed by atoms with Crippen LogP contribution in [0.25, 0.3) is 0 Å². The van der Waals surface area contributed by atoms with Crippen molar-refractivity contribution in [3.63, 3.8) is 0 Å². The first-order chi connectivity index (χ1) is 7.88. The van der Waals surface area contributed by atoms with E-state index in [1.807, 2.05) is 11.8 Å². The van der Waals surface area contributed by atoms with E-state index in [-0.39, 0.29) is 6.04 Å². The number of fused-ring (bicyclic) bond motifs is 1. The third-order valence-electron chi connectivity index (χ3n) is 2.91. The van der Waals surface area contributed by atoms with Crippen LogP contribution in [0, 0.1) is 0 Å². The van der Waals surface area contributed by atoms with Crippen molar-refractivity contribution in [1.82, 2.24) is 0 Å². The van der Waals surface area contributed by atoms with Crippen LogP contribution in [0.4, 0.5) is 18.9 Å². The van der Waals surface area contributed by atoms with Gasteiger partial charge in [0, 0.05) is 24.8 Å². The highest BCUT2D eigenvalue weighted by molar-refractivity contribution is 5.60. The number of benzene rings is 1. The van der Waals surface area contributed by atoms with Crippen LogP contribution in [0.3, 0.4) is 0 Å². The van der Waals surface area contributed by atoms with Crippen LogP contribution >= 0.6 is 0 Å². The van der Waals surface area contributed by atoms with Crippen molar-refractivity contribution in [3.8, 4) is 0 Å². The van der Waals surface area contributed by atoms with Crippen LogP contribution in [-0.2, 0) is 12.6 Å². The Hall–Kier alpha value is -1.23. The van der Waals surface area contributed by atoms with Gasteiger partial charge in [0.25, 0.3) is 0 Å². The van der Waals surface area contributed by atoms with Gasteiger partial charge in [0.1, 0.15) is 0 Å². The summed E-state index contributed by atoms with van der Waals surface area (Å²) in [5, 5.41) is 0. The van der Waals surface area contributed by atoms with E-state index in [1.165, 1.54) is 6.07 Å². The number of anilines is 1. The zero-order chi connectivity index (χ0) is 12.6. The molecule has 0 fully saturated rings. The molecule has 1 aliphatic rings. The molecule has 17 heavy (non-hydrogen) atoms. The molecule has 94 valence electrons. The summed E-state index contributed by atoms with van der Waals surface area (Å²) >= 11 is 0. The first kappa shape index (κ1) is 12.2. The molecule has 0 bridgehead atoms. The molecule has 1 aromatic carbocycles. The maximum Gasteiger partial charge on any atom is 0.416 e. The Bertz CT molecular complexity index is 413. The van der Waals surface area contributed by atoms with Gasteiger partial charge in [-0.1, -0.05) is 6.07 Å². The second kappa shape index (κ2) is 4.22. The summed E-state index contributed by atoms with van der Waals surface area (Å²) in [6, 6.07) is 3.90. The maximum atomic E-state index is 12.6. The summed E-state index contributed by atoms with van der Waals surface area (Å²) < 4.78 is 37.8. The van der Waals surface area contributed by atoms with E-state index >= 15 is 0 Å². The van der Waals surface area contributed by atoms with Gasteiger partial charge in [0.05, 0.1) is 5.56 Å². The van der Waals surface area contributed by atoms with Crippen LogP contribution in [0.5, 0.6) is 0 Å². The zero-order valence-electron chi connectivity index (χ0n) is 9.59. The maximum absolute atomic E-state index is 12.6. The number of nitrogens with zero attached hydrogens (tertiary/aromatic N) is 1. The van der Waals surface area contributed by atoms with Gasteiger partial charge in [-0.15, -0.1) is 0 Å². The smallest absolute Gasteiger partial charge is 0.369 e. The molecule has 0 saturated carbocycles. The second-order valence-corrected chi connectivity index (χ2v) is 4.51. The highest BCUT2D eigenvalue weighted by Crippen LogP contribution is 2.35. The molecule has 1 aliphatic heterocycles. The summed E-state index contributed by atoms with van der Waals surface area (Å²) in [6.45, 7) is 3.19. The molecule has 1 atom stereocenters. The molecule has 1 aromatic rings. The lowest BCUT2D eigenvalue weighted by molar-refractivity contribution is -0.137. The molecule has 0 spiro atoms. The largest absolute Gasteiger partial charge is 0.416 e. The number of nitrogens with two attached hydrogens (primary N) is 1. The van der Waals surface area contributed by atoms with E-state index < -0.39 is 11.7 Å². The topological polar surface area (TPSA) is 29.3 Å². The van der Waals surface area contributed by atoms with Gasteiger partial charge < -0.3 is 10.6 Å². The average molecular weight is 244 g/mol. The highest BCUT2D eigenvalue weighted by atomic mass is 19.4. The van der Waals surface area contributed by atoms with Gasteiger partial charge in [-0.25, -0.2) is 0 Å². The number of rotatable bonds is 2. The van der Waals surface area contributed by atoms with Crippen LogP contribution in [0.2, 0.25) is 0 Å². The Balaban J connectivity index is 2.31. The third kappa shape index (κ3) is 2.54. The van der Waals surface area contributed by atoms with E-state index in [0.29, 0.717) is 12.2 Å². The summed E-state index contributed by atoms with van der Waals surface area (Å²) in [5.74, 6) is 0. The van der Waals surface area contributed by atoms with E-state index in [1.54, 1.807) is 6.07 Å². The van der Waals surface area contributed by atoms with Crippen molar-refractivity contribution in [3.05, 3.63) is 29.3 Å². The summed E-state index contributed by atoms with van der Waals surface area (Å²) in [5.41, 5.74) is 6.75. The minimum Gasteiger partial charge on any atom is -0.369 e. The Labute approximate surface area is 98.2 Å². The van der Waals surface area contributed by atoms with Crippen molar-refractivity contribution in [2.75, 3.05) is 18.0 Å². The number of hydrogen-bond donors (Lipinski definition) is 1. The monoisotopic (exact) mass is 244 g/mol. The quantitative estimate of drug-likeness (QED) is 0.865. The molecule has 0 aliphatic carbocycles. The summed E-state index contributed by atoms with van der Waals surface area (Å²) in [7, 11) is 0. The Morgan fingerprint density at radius 1 is 1.41 bits per heavy atom. The summed E-state index contributed by atoms with van der Waals surface area (Å²) in [4.78, 5) is 1.93. The fourth-order valence-electron chi connectivity index (χ4n) is 2.16. The van der Waals surface area contributed by atoms with Crippen LogP contribution in [0.15, 0.2) is 18.2 Å².